The molecule has 0 amide bonds. The first-order chi connectivity index (χ1) is 9.19. The topological polar surface area (TPSA) is 52.6 Å². The quantitative estimate of drug-likeness (QED) is 0.589. The van der Waals surface area contributed by atoms with Crippen molar-refractivity contribution >= 4 is 23.5 Å². The van der Waals surface area contributed by atoms with Gasteiger partial charge in [0.25, 0.3) is 0 Å². The van der Waals surface area contributed by atoms with Gasteiger partial charge in [-0.25, -0.2) is 4.79 Å². The van der Waals surface area contributed by atoms with Gasteiger partial charge in [0.1, 0.15) is 12.0 Å². The Labute approximate surface area is 118 Å². The van der Waals surface area contributed by atoms with Crippen LogP contribution in [0.4, 0.5) is 0 Å². The fourth-order valence-electron chi connectivity index (χ4n) is 3.34. The summed E-state index contributed by atoms with van der Waals surface area (Å²) in [5, 5.41) is 0. The Bertz CT molecular complexity index is 331. The number of carbonyl (C=O) groups is 2. The number of halogens is 1. The first kappa shape index (κ1) is 14.6. The van der Waals surface area contributed by atoms with Crippen molar-refractivity contribution in [1.29, 1.82) is 0 Å². The molecule has 2 fully saturated rings. The minimum absolute atomic E-state index is 0.00144. The van der Waals surface area contributed by atoms with E-state index in [-0.39, 0.29) is 18.6 Å². The molecule has 19 heavy (non-hydrogen) atoms. The Morgan fingerprint density at radius 1 is 1.00 bits per heavy atom. The fourth-order valence-corrected chi connectivity index (χ4v) is 3.41. The van der Waals surface area contributed by atoms with Crippen LogP contribution in [0.25, 0.3) is 0 Å². The van der Waals surface area contributed by atoms with Crippen LogP contribution in [0, 0.1) is 11.8 Å². The highest BCUT2D eigenvalue weighted by Gasteiger charge is 2.33. The summed E-state index contributed by atoms with van der Waals surface area (Å²) in [6.45, 7) is -0.323. The van der Waals surface area contributed by atoms with E-state index in [0.717, 1.165) is 25.2 Å². The van der Waals surface area contributed by atoms with Crippen molar-refractivity contribution in [3.8, 4) is 0 Å². The van der Waals surface area contributed by atoms with Crippen LogP contribution < -0.4 is 0 Å². The molecular formula is C14H21ClO4. The van der Waals surface area contributed by atoms with Crippen LogP contribution in [0.1, 0.15) is 44.9 Å². The monoisotopic (exact) mass is 288 g/mol. The second-order valence-corrected chi connectivity index (χ2v) is 5.79. The van der Waals surface area contributed by atoms with Crippen LogP contribution in [-0.2, 0) is 19.1 Å². The zero-order valence-electron chi connectivity index (χ0n) is 11.1. The number of ether oxygens (including phenoxy) is 2. The van der Waals surface area contributed by atoms with E-state index in [0.29, 0.717) is 5.92 Å². The molecule has 0 aliphatic heterocycles. The van der Waals surface area contributed by atoms with E-state index in [4.69, 9.17) is 16.3 Å². The van der Waals surface area contributed by atoms with E-state index < -0.39 is 11.9 Å². The Morgan fingerprint density at radius 2 is 1.74 bits per heavy atom. The summed E-state index contributed by atoms with van der Waals surface area (Å²) in [6, 6.07) is 0. The number of hydrogen-bond donors (Lipinski definition) is 0. The smallest absolute Gasteiger partial charge is 0.344 e. The number of hydrogen-bond acceptors (Lipinski definition) is 4. The number of alkyl halides is 1. The maximum atomic E-state index is 11.5. The third kappa shape index (κ3) is 4.37. The van der Waals surface area contributed by atoms with Gasteiger partial charge in [-0.2, -0.15) is 0 Å². The molecule has 0 spiro atoms. The fraction of sp³-hybridized carbons (Fsp3) is 0.857. The molecule has 2 aliphatic carbocycles. The van der Waals surface area contributed by atoms with Gasteiger partial charge >= 0.3 is 11.9 Å². The Balaban J connectivity index is 1.71. The van der Waals surface area contributed by atoms with Gasteiger partial charge in [0.05, 0.1) is 0 Å². The second kappa shape index (κ2) is 7.13. The summed E-state index contributed by atoms with van der Waals surface area (Å²) in [4.78, 5) is 22.4. The van der Waals surface area contributed by atoms with Gasteiger partial charge in [-0.05, 0) is 31.1 Å². The van der Waals surface area contributed by atoms with Crippen molar-refractivity contribution in [2.24, 2.45) is 11.8 Å². The van der Waals surface area contributed by atoms with E-state index in [9.17, 15) is 9.59 Å². The maximum absolute atomic E-state index is 11.5. The SMILES string of the molecule is O=C(CCl)OCC(=O)OC1CCC2CCCCC2C1. The minimum atomic E-state index is -0.588. The van der Waals surface area contributed by atoms with Crippen LogP contribution in [-0.4, -0.2) is 30.5 Å². The van der Waals surface area contributed by atoms with Crippen LogP contribution in [0.2, 0.25) is 0 Å². The van der Waals surface area contributed by atoms with Crippen LogP contribution in [0.15, 0.2) is 0 Å². The van der Waals surface area contributed by atoms with Gasteiger partial charge in [-0.3, -0.25) is 4.79 Å². The molecule has 0 radical (unpaired) electrons. The molecule has 2 rings (SSSR count). The summed E-state index contributed by atoms with van der Waals surface area (Å²) in [7, 11) is 0. The molecule has 0 bridgehead atoms. The molecule has 4 nitrogen and oxygen atoms in total. The molecule has 0 N–H and O–H groups in total. The molecule has 2 saturated carbocycles. The van der Waals surface area contributed by atoms with Crippen LogP contribution >= 0.6 is 11.6 Å². The lowest BCUT2D eigenvalue weighted by molar-refractivity contribution is -0.163. The first-order valence-corrected chi connectivity index (χ1v) is 7.63. The number of carbonyl (C=O) groups excluding carboxylic acids is 2. The van der Waals surface area contributed by atoms with Crippen molar-refractivity contribution in [3.63, 3.8) is 0 Å². The molecular weight excluding hydrogens is 268 g/mol. The van der Waals surface area contributed by atoms with Crippen LogP contribution in [0.5, 0.6) is 0 Å². The predicted molar refractivity (Wildman–Crippen MR) is 70.9 cm³/mol. The third-order valence-electron chi connectivity index (χ3n) is 4.25. The van der Waals surface area contributed by atoms with Crippen molar-refractivity contribution in [2.45, 2.75) is 51.0 Å². The molecule has 3 atom stereocenters. The van der Waals surface area contributed by atoms with Crippen LogP contribution in [0.3, 0.4) is 0 Å². The van der Waals surface area contributed by atoms with E-state index in [1.165, 1.54) is 25.7 Å². The first-order valence-electron chi connectivity index (χ1n) is 7.10. The zero-order chi connectivity index (χ0) is 13.7. The molecule has 3 unspecified atom stereocenters. The highest BCUT2D eigenvalue weighted by atomic mass is 35.5. The van der Waals surface area contributed by atoms with Gasteiger partial charge in [0.2, 0.25) is 0 Å². The molecule has 0 aromatic carbocycles. The van der Waals surface area contributed by atoms with Gasteiger partial charge < -0.3 is 9.47 Å². The lowest BCUT2D eigenvalue weighted by Crippen LogP contribution is -2.33. The third-order valence-corrected chi connectivity index (χ3v) is 4.47. The maximum Gasteiger partial charge on any atom is 0.344 e. The van der Waals surface area contributed by atoms with Crippen molar-refractivity contribution in [2.75, 3.05) is 12.5 Å². The highest BCUT2D eigenvalue weighted by molar-refractivity contribution is 6.26. The predicted octanol–water partition coefficient (Wildman–Crippen LogP) is 2.67. The summed E-state index contributed by atoms with van der Waals surface area (Å²) >= 11 is 5.28. The molecule has 5 heteroatoms. The molecule has 108 valence electrons. The zero-order valence-corrected chi connectivity index (χ0v) is 11.9. The summed E-state index contributed by atoms with van der Waals surface area (Å²) in [5.74, 6) is 0.260. The molecule has 0 aromatic rings. The van der Waals surface area contributed by atoms with E-state index in [2.05, 4.69) is 4.74 Å². The average Bonchev–Trinajstić information content (AvgIpc) is 2.44. The van der Waals surface area contributed by atoms with Gasteiger partial charge in [0.15, 0.2) is 6.61 Å². The van der Waals surface area contributed by atoms with Crippen molar-refractivity contribution < 1.29 is 19.1 Å². The molecule has 0 heterocycles. The van der Waals surface area contributed by atoms with Gasteiger partial charge in [-0.1, -0.05) is 25.7 Å². The van der Waals surface area contributed by atoms with E-state index >= 15 is 0 Å². The highest BCUT2D eigenvalue weighted by Crippen LogP contribution is 2.41. The number of esters is 2. The van der Waals surface area contributed by atoms with Gasteiger partial charge in [-0.15, -0.1) is 11.6 Å². The Morgan fingerprint density at radius 3 is 2.47 bits per heavy atom. The lowest BCUT2D eigenvalue weighted by Gasteiger charge is -2.38. The Hall–Kier alpha value is -0.770. The summed E-state index contributed by atoms with van der Waals surface area (Å²) in [6.07, 6.45) is 8.32. The number of rotatable bonds is 4. The van der Waals surface area contributed by atoms with Gasteiger partial charge in [0, 0.05) is 0 Å². The average molecular weight is 289 g/mol. The van der Waals surface area contributed by atoms with E-state index in [1.54, 1.807) is 0 Å². The van der Waals surface area contributed by atoms with Crippen molar-refractivity contribution in [1.82, 2.24) is 0 Å². The molecule has 0 aromatic heterocycles. The normalized spacial score (nSPS) is 30.3. The molecule has 0 saturated heterocycles. The molecule has 2 aliphatic rings. The standard InChI is InChI=1S/C14H21ClO4/c15-8-13(16)18-9-14(17)19-12-6-5-10-3-1-2-4-11(10)7-12/h10-12H,1-9H2. The van der Waals surface area contributed by atoms with E-state index in [1.807, 2.05) is 0 Å². The lowest BCUT2D eigenvalue weighted by atomic mass is 9.70. The minimum Gasteiger partial charge on any atom is -0.460 e. The largest absolute Gasteiger partial charge is 0.460 e. The summed E-state index contributed by atoms with van der Waals surface area (Å²) in [5.41, 5.74) is 0. The second-order valence-electron chi connectivity index (χ2n) is 5.52. The number of fused-ring (bicyclic) bond motifs is 1. The Kier molecular flexibility index (Phi) is 5.49. The van der Waals surface area contributed by atoms with Crippen molar-refractivity contribution in [3.05, 3.63) is 0 Å². The summed E-state index contributed by atoms with van der Waals surface area (Å²) < 4.78 is 10.0.